The second-order valence-corrected chi connectivity index (χ2v) is 21.6. The first-order valence-corrected chi connectivity index (χ1v) is 32.3. The predicted octanol–water partition coefficient (Wildman–Crippen LogP) is 21.9. The van der Waals surface area contributed by atoms with Crippen molar-refractivity contribution in [2.45, 2.75) is 341 Å². The summed E-state index contributed by atoms with van der Waals surface area (Å²) in [5, 5.41) is 0. The smallest absolute Gasteiger partial charge is 0.306 e. The van der Waals surface area contributed by atoms with E-state index in [1.807, 2.05) is 0 Å². The fourth-order valence-electron chi connectivity index (χ4n) is 9.44. The lowest BCUT2D eigenvalue weighted by atomic mass is 10.0. The summed E-state index contributed by atoms with van der Waals surface area (Å²) in [6.07, 6.45) is 79.8. The second kappa shape index (κ2) is 62.6. The van der Waals surface area contributed by atoms with E-state index in [4.69, 9.17) is 14.2 Å². The van der Waals surface area contributed by atoms with Gasteiger partial charge in [0.25, 0.3) is 0 Å². The number of hydrogen-bond acceptors (Lipinski definition) is 6. The Bertz CT molecular complexity index is 1330. The summed E-state index contributed by atoms with van der Waals surface area (Å²) >= 11 is 0. The van der Waals surface area contributed by atoms with Crippen molar-refractivity contribution in [2.75, 3.05) is 13.2 Å². The molecule has 0 spiro atoms. The Labute approximate surface area is 460 Å². The highest BCUT2D eigenvalue weighted by Gasteiger charge is 2.19. The molecule has 430 valence electrons. The van der Waals surface area contributed by atoms with Crippen LogP contribution in [-0.2, 0) is 28.6 Å². The third-order valence-electron chi connectivity index (χ3n) is 14.2. The van der Waals surface area contributed by atoms with Crippen molar-refractivity contribution in [1.82, 2.24) is 0 Å². The van der Waals surface area contributed by atoms with Crippen molar-refractivity contribution in [2.24, 2.45) is 0 Å². The van der Waals surface area contributed by atoms with E-state index in [9.17, 15) is 14.4 Å². The molecule has 0 aromatic carbocycles. The predicted molar refractivity (Wildman–Crippen MR) is 321 cm³/mol. The lowest BCUT2D eigenvalue weighted by molar-refractivity contribution is -0.167. The number of esters is 3. The molecule has 0 aliphatic heterocycles. The van der Waals surface area contributed by atoms with Crippen LogP contribution in [0.25, 0.3) is 0 Å². The lowest BCUT2D eigenvalue weighted by Crippen LogP contribution is -2.30. The van der Waals surface area contributed by atoms with Crippen LogP contribution in [0.1, 0.15) is 335 Å². The van der Waals surface area contributed by atoms with Gasteiger partial charge < -0.3 is 14.2 Å². The number of allylic oxidation sites excluding steroid dienone is 10. The van der Waals surface area contributed by atoms with Crippen molar-refractivity contribution < 1.29 is 28.6 Å². The van der Waals surface area contributed by atoms with Crippen LogP contribution < -0.4 is 0 Å². The highest BCUT2D eigenvalue weighted by atomic mass is 16.6. The molecule has 0 heterocycles. The summed E-state index contributed by atoms with van der Waals surface area (Å²) in [5.74, 6) is -0.866. The maximum Gasteiger partial charge on any atom is 0.306 e. The summed E-state index contributed by atoms with van der Waals surface area (Å²) in [6, 6.07) is 0. The maximum atomic E-state index is 12.8. The van der Waals surface area contributed by atoms with Crippen molar-refractivity contribution in [3.63, 3.8) is 0 Å². The molecule has 0 aliphatic rings. The molecule has 0 aromatic rings. The number of unbranched alkanes of at least 4 members (excludes halogenated alkanes) is 38. The normalized spacial score (nSPS) is 12.4. The van der Waals surface area contributed by atoms with Crippen LogP contribution in [0.5, 0.6) is 0 Å². The number of carbonyl (C=O) groups excluding carboxylic acids is 3. The molecule has 0 saturated heterocycles. The molecular weight excluding hydrogens is 913 g/mol. The minimum atomic E-state index is -0.770. The summed E-state index contributed by atoms with van der Waals surface area (Å²) in [7, 11) is 0. The van der Waals surface area contributed by atoms with Gasteiger partial charge in [-0.15, -0.1) is 0 Å². The van der Waals surface area contributed by atoms with Gasteiger partial charge in [0.15, 0.2) is 6.10 Å². The van der Waals surface area contributed by atoms with Crippen molar-refractivity contribution >= 4 is 17.9 Å². The Morgan fingerprint density at radius 1 is 0.284 bits per heavy atom. The topological polar surface area (TPSA) is 78.9 Å². The Balaban J connectivity index is 3.94. The Morgan fingerprint density at radius 3 is 0.892 bits per heavy atom. The standard InChI is InChI=1S/C68H122O6/c1-4-7-10-13-16-19-22-23-24-25-26-27-28-29-30-31-32-33-34-35-36-37-38-39-40-41-42-43-44-45-47-49-52-55-58-61-67(70)73-64-65(63-72-66(69)60-57-54-51-48-21-18-15-12-9-6-3)74-68(71)62-59-56-53-50-46-20-17-14-11-8-5-2/h7,10,12,15-16,19,23-24,26-27,65H,4-6,8-9,11,13-14,17-18,20-22,25,28-64H2,1-3H3/b10-7-,15-12-,19-16-,24-23-,27-26-. The van der Waals surface area contributed by atoms with Crippen LogP contribution in [0, 0.1) is 0 Å². The molecule has 74 heavy (non-hydrogen) atoms. The fourth-order valence-corrected chi connectivity index (χ4v) is 9.44. The molecule has 0 bridgehead atoms. The molecule has 0 N–H and O–H groups in total. The van der Waals surface area contributed by atoms with Gasteiger partial charge in [-0.1, -0.05) is 300 Å². The van der Waals surface area contributed by atoms with Crippen LogP contribution in [-0.4, -0.2) is 37.2 Å². The molecule has 1 atom stereocenters. The Hall–Kier alpha value is -2.89. The minimum absolute atomic E-state index is 0.0708. The van der Waals surface area contributed by atoms with E-state index in [0.29, 0.717) is 19.3 Å². The second-order valence-electron chi connectivity index (χ2n) is 21.6. The maximum absolute atomic E-state index is 12.8. The molecule has 0 saturated carbocycles. The van der Waals surface area contributed by atoms with Gasteiger partial charge >= 0.3 is 17.9 Å². The molecule has 0 amide bonds. The first-order valence-electron chi connectivity index (χ1n) is 32.3. The zero-order valence-corrected chi connectivity index (χ0v) is 49.4. The van der Waals surface area contributed by atoms with Crippen LogP contribution in [0.2, 0.25) is 0 Å². The molecule has 1 unspecified atom stereocenters. The average Bonchev–Trinajstić information content (AvgIpc) is 3.40. The van der Waals surface area contributed by atoms with E-state index in [1.165, 1.54) is 199 Å². The zero-order valence-electron chi connectivity index (χ0n) is 49.4. The van der Waals surface area contributed by atoms with Crippen LogP contribution >= 0.6 is 0 Å². The minimum Gasteiger partial charge on any atom is -0.462 e. The number of hydrogen-bond donors (Lipinski definition) is 0. The van der Waals surface area contributed by atoms with E-state index < -0.39 is 6.10 Å². The monoisotopic (exact) mass is 1030 g/mol. The molecule has 6 heteroatoms. The summed E-state index contributed by atoms with van der Waals surface area (Å²) in [6.45, 7) is 6.48. The van der Waals surface area contributed by atoms with Crippen LogP contribution in [0.4, 0.5) is 0 Å². The third-order valence-corrected chi connectivity index (χ3v) is 14.2. The largest absolute Gasteiger partial charge is 0.462 e. The Morgan fingerprint density at radius 2 is 0.554 bits per heavy atom. The van der Waals surface area contributed by atoms with Gasteiger partial charge in [-0.3, -0.25) is 14.4 Å². The molecule has 0 aliphatic carbocycles. The van der Waals surface area contributed by atoms with E-state index in [0.717, 1.165) is 96.3 Å². The highest BCUT2D eigenvalue weighted by Crippen LogP contribution is 2.18. The van der Waals surface area contributed by atoms with E-state index in [2.05, 4.69) is 81.5 Å². The van der Waals surface area contributed by atoms with Crippen molar-refractivity contribution in [3.05, 3.63) is 60.8 Å². The summed E-state index contributed by atoms with van der Waals surface area (Å²) < 4.78 is 16.8. The quantitative estimate of drug-likeness (QED) is 0.0261. The molecule has 0 radical (unpaired) electrons. The van der Waals surface area contributed by atoms with Crippen molar-refractivity contribution in [3.8, 4) is 0 Å². The fraction of sp³-hybridized carbons (Fsp3) is 0.809. The van der Waals surface area contributed by atoms with E-state index >= 15 is 0 Å². The molecule has 6 nitrogen and oxygen atoms in total. The van der Waals surface area contributed by atoms with Gasteiger partial charge in [0.05, 0.1) is 0 Å². The number of ether oxygens (including phenoxy) is 3. The average molecular weight is 1040 g/mol. The summed E-state index contributed by atoms with van der Waals surface area (Å²) in [5.41, 5.74) is 0. The van der Waals surface area contributed by atoms with Crippen LogP contribution in [0.15, 0.2) is 60.8 Å². The lowest BCUT2D eigenvalue weighted by Gasteiger charge is -2.18. The van der Waals surface area contributed by atoms with Gasteiger partial charge in [0, 0.05) is 19.3 Å². The van der Waals surface area contributed by atoms with E-state index in [-0.39, 0.29) is 31.1 Å². The Kier molecular flexibility index (Phi) is 60.2. The molecular formula is C68H122O6. The molecule has 0 rings (SSSR count). The van der Waals surface area contributed by atoms with Crippen molar-refractivity contribution in [1.29, 1.82) is 0 Å². The molecule has 0 fully saturated rings. The molecule has 0 aromatic heterocycles. The van der Waals surface area contributed by atoms with Crippen LogP contribution in [0.3, 0.4) is 0 Å². The summed E-state index contributed by atoms with van der Waals surface area (Å²) in [4.78, 5) is 38.0. The third kappa shape index (κ3) is 60.0. The number of carbonyl (C=O) groups is 3. The van der Waals surface area contributed by atoms with Gasteiger partial charge in [-0.05, 0) is 77.0 Å². The van der Waals surface area contributed by atoms with Gasteiger partial charge in [0.2, 0.25) is 0 Å². The van der Waals surface area contributed by atoms with E-state index in [1.54, 1.807) is 0 Å². The first-order chi connectivity index (χ1) is 36.5. The highest BCUT2D eigenvalue weighted by molar-refractivity contribution is 5.71. The van der Waals surface area contributed by atoms with Gasteiger partial charge in [-0.2, -0.15) is 0 Å². The number of rotatable bonds is 59. The zero-order chi connectivity index (χ0) is 53.6. The van der Waals surface area contributed by atoms with Gasteiger partial charge in [0.1, 0.15) is 13.2 Å². The van der Waals surface area contributed by atoms with Gasteiger partial charge in [-0.25, -0.2) is 0 Å². The SMILES string of the molecule is CC/C=C\C/C=C\C/C=C\C/C=C\CCCCCCCCCCCCCCCCCCCCCCCCC(=O)OCC(COC(=O)CCCCCCC/C=C\CCC)OC(=O)CCCCCCCCCCCCC. The first kappa shape index (κ1) is 71.1.